The molecule has 0 saturated carbocycles. The highest BCUT2D eigenvalue weighted by molar-refractivity contribution is 5.88. The Bertz CT molecular complexity index is 1680. The number of benzene rings is 3. The fourth-order valence-electron chi connectivity index (χ4n) is 4.67. The van der Waals surface area contributed by atoms with Gasteiger partial charge in [-0.15, -0.1) is 0 Å². The number of H-pyrrole nitrogens is 1. The average molecular weight is 551 g/mol. The SMILES string of the molecule is Cc1ccc(N(C)C(=O)OC(C)(C)C)cc1-n1c(=O)[nH]c2c(N(Cc3ccccc3)Cc3ccccc3)ncnc21. The Hall–Kier alpha value is -4.92. The highest BCUT2D eigenvalue weighted by Gasteiger charge is 2.23. The highest BCUT2D eigenvalue weighted by atomic mass is 16.6. The van der Waals surface area contributed by atoms with E-state index in [0.29, 0.717) is 41.4 Å². The van der Waals surface area contributed by atoms with E-state index in [1.165, 1.54) is 15.8 Å². The van der Waals surface area contributed by atoms with Crippen LogP contribution in [0.5, 0.6) is 0 Å². The summed E-state index contributed by atoms with van der Waals surface area (Å²) in [5.74, 6) is 0.623. The van der Waals surface area contributed by atoms with Crippen molar-refractivity contribution in [3.8, 4) is 5.69 Å². The molecular formula is C32H34N6O3. The minimum Gasteiger partial charge on any atom is -0.443 e. The number of hydrogen-bond donors (Lipinski definition) is 1. The summed E-state index contributed by atoms with van der Waals surface area (Å²) in [5, 5.41) is 0. The lowest BCUT2D eigenvalue weighted by molar-refractivity contribution is 0.0589. The van der Waals surface area contributed by atoms with Crippen molar-refractivity contribution in [2.45, 2.75) is 46.4 Å². The summed E-state index contributed by atoms with van der Waals surface area (Å²) in [7, 11) is 1.64. The van der Waals surface area contributed by atoms with Gasteiger partial charge in [0.15, 0.2) is 11.5 Å². The van der Waals surface area contributed by atoms with Gasteiger partial charge in [-0.1, -0.05) is 66.7 Å². The lowest BCUT2D eigenvalue weighted by atomic mass is 10.1. The third-order valence-electron chi connectivity index (χ3n) is 6.67. The van der Waals surface area contributed by atoms with Crippen molar-refractivity contribution in [3.05, 3.63) is 112 Å². The van der Waals surface area contributed by atoms with Gasteiger partial charge in [-0.05, 0) is 56.5 Å². The van der Waals surface area contributed by atoms with E-state index < -0.39 is 11.7 Å². The molecule has 5 rings (SSSR count). The summed E-state index contributed by atoms with van der Waals surface area (Å²) >= 11 is 0. The molecule has 3 aromatic carbocycles. The van der Waals surface area contributed by atoms with E-state index in [-0.39, 0.29) is 5.69 Å². The first kappa shape index (κ1) is 27.6. The number of aryl methyl sites for hydroxylation is 1. The fourth-order valence-corrected chi connectivity index (χ4v) is 4.67. The largest absolute Gasteiger partial charge is 0.443 e. The Morgan fingerprint density at radius 1 is 0.927 bits per heavy atom. The number of aromatic amines is 1. The lowest BCUT2D eigenvalue weighted by Crippen LogP contribution is -2.34. The van der Waals surface area contributed by atoms with E-state index in [2.05, 4.69) is 44.1 Å². The zero-order chi connectivity index (χ0) is 29.1. The number of carbonyl (C=O) groups excluding carboxylic acids is 1. The zero-order valence-corrected chi connectivity index (χ0v) is 24.0. The maximum Gasteiger partial charge on any atom is 0.414 e. The molecule has 0 bridgehead atoms. The van der Waals surface area contributed by atoms with Crippen LogP contribution in [-0.2, 0) is 17.8 Å². The molecule has 0 spiro atoms. The predicted molar refractivity (Wildman–Crippen MR) is 162 cm³/mol. The van der Waals surface area contributed by atoms with Crippen molar-refractivity contribution in [2.75, 3.05) is 16.8 Å². The molecule has 1 N–H and O–H groups in total. The molecular weight excluding hydrogens is 516 g/mol. The van der Waals surface area contributed by atoms with Gasteiger partial charge in [0, 0.05) is 25.8 Å². The molecule has 2 aromatic heterocycles. The molecule has 9 nitrogen and oxygen atoms in total. The van der Waals surface area contributed by atoms with Crippen molar-refractivity contribution in [3.63, 3.8) is 0 Å². The Morgan fingerprint density at radius 3 is 2.12 bits per heavy atom. The Labute approximate surface area is 239 Å². The maximum absolute atomic E-state index is 13.5. The van der Waals surface area contributed by atoms with Crippen LogP contribution in [0.15, 0.2) is 90.0 Å². The summed E-state index contributed by atoms with van der Waals surface area (Å²) in [6.45, 7) is 8.55. The van der Waals surface area contributed by atoms with E-state index in [1.54, 1.807) is 13.1 Å². The number of nitrogens with one attached hydrogen (secondary N) is 1. The van der Waals surface area contributed by atoms with Gasteiger partial charge in [0.2, 0.25) is 0 Å². The number of anilines is 2. The van der Waals surface area contributed by atoms with Crippen molar-refractivity contribution in [1.29, 1.82) is 0 Å². The van der Waals surface area contributed by atoms with E-state index in [9.17, 15) is 9.59 Å². The molecule has 210 valence electrons. The zero-order valence-electron chi connectivity index (χ0n) is 24.0. The summed E-state index contributed by atoms with van der Waals surface area (Å²) in [6.07, 6.45) is 0.997. The minimum absolute atomic E-state index is 0.346. The van der Waals surface area contributed by atoms with Crippen LogP contribution in [0.2, 0.25) is 0 Å². The molecule has 41 heavy (non-hydrogen) atoms. The second-order valence-electron chi connectivity index (χ2n) is 11.0. The van der Waals surface area contributed by atoms with Crippen LogP contribution in [0.25, 0.3) is 16.9 Å². The number of imidazole rings is 1. The summed E-state index contributed by atoms with van der Waals surface area (Å²) in [5.41, 5.74) is 4.28. The van der Waals surface area contributed by atoms with Gasteiger partial charge >= 0.3 is 11.8 Å². The first-order valence-electron chi connectivity index (χ1n) is 13.5. The predicted octanol–water partition coefficient (Wildman–Crippen LogP) is 6.00. The molecule has 9 heteroatoms. The highest BCUT2D eigenvalue weighted by Crippen LogP contribution is 2.28. The molecule has 0 fully saturated rings. The first-order valence-corrected chi connectivity index (χ1v) is 13.5. The van der Waals surface area contributed by atoms with Crippen molar-refractivity contribution >= 4 is 28.8 Å². The monoisotopic (exact) mass is 550 g/mol. The third kappa shape index (κ3) is 6.14. The fraction of sp³-hybridized carbons (Fsp3) is 0.250. The van der Waals surface area contributed by atoms with Crippen LogP contribution >= 0.6 is 0 Å². The van der Waals surface area contributed by atoms with Gasteiger partial charge in [-0.2, -0.15) is 0 Å². The van der Waals surface area contributed by atoms with Gasteiger partial charge in [0.05, 0.1) is 5.69 Å². The number of fused-ring (bicyclic) bond motifs is 1. The quantitative estimate of drug-likeness (QED) is 0.267. The molecule has 5 aromatic rings. The second-order valence-corrected chi connectivity index (χ2v) is 11.0. The van der Waals surface area contributed by atoms with Crippen molar-refractivity contribution < 1.29 is 9.53 Å². The van der Waals surface area contributed by atoms with Crippen LogP contribution < -0.4 is 15.5 Å². The molecule has 0 unspecified atom stereocenters. The number of hydrogen-bond acceptors (Lipinski definition) is 6. The molecule has 2 heterocycles. The van der Waals surface area contributed by atoms with Crippen molar-refractivity contribution in [2.24, 2.45) is 0 Å². The van der Waals surface area contributed by atoms with E-state index >= 15 is 0 Å². The normalized spacial score (nSPS) is 11.4. The molecule has 0 radical (unpaired) electrons. The van der Waals surface area contributed by atoms with Gasteiger partial charge in [-0.3, -0.25) is 4.90 Å². The summed E-state index contributed by atoms with van der Waals surface area (Å²) in [6, 6.07) is 25.8. The van der Waals surface area contributed by atoms with Crippen LogP contribution in [0.4, 0.5) is 16.3 Å². The minimum atomic E-state index is -0.634. The van der Waals surface area contributed by atoms with E-state index in [4.69, 9.17) is 4.74 Å². The number of ether oxygens (including phenoxy) is 1. The second kappa shape index (κ2) is 11.3. The number of amides is 1. The van der Waals surface area contributed by atoms with Gasteiger partial charge in [-0.25, -0.2) is 24.1 Å². The van der Waals surface area contributed by atoms with E-state index in [0.717, 1.165) is 16.7 Å². The molecule has 0 aliphatic carbocycles. The van der Waals surface area contributed by atoms with Gasteiger partial charge in [0.25, 0.3) is 0 Å². The number of nitrogens with zero attached hydrogens (tertiary/aromatic N) is 5. The van der Waals surface area contributed by atoms with Crippen molar-refractivity contribution in [1.82, 2.24) is 19.5 Å². The van der Waals surface area contributed by atoms with Gasteiger partial charge in [0.1, 0.15) is 17.4 Å². The molecule has 0 aliphatic rings. The Kier molecular flexibility index (Phi) is 7.61. The summed E-state index contributed by atoms with van der Waals surface area (Å²) < 4.78 is 7.07. The molecule has 0 saturated heterocycles. The van der Waals surface area contributed by atoms with Gasteiger partial charge < -0.3 is 14.6 Å². The Morgan fingerprint density at radius 2 is 1.54 bits per heavy atom. The standard InChI is InChI=1S/C32H34N6O3/c1-22-16-17-25(36(5)31(40)41-32(2,3)4)18-26(22)38-29-27(35-30(38)39)28(33-21-34-29)37(19-23-12-8-6-9-13-23)20-24-14-10-7-11-15-24/h6-18,21H,19-20H2,1-5H3,(H,35,39). The van der Waals surface area contributed by atoms with Crippen LogP contribution in [0.1, 0.15) is 37.5 Å². The maximum atomic E-state index is 13.5. The topological polar surface area (TPSA) is 96.3 Å². The molecule has 0 aliphatic heterocycles. The van der Waals surface area contributed by atoms with Crippen LogP contribution in [-0.4, -0.2) is 38.3 Å². The number of aromatic nitrogens is 4. The number of rotatable bonds is 7. The third-order valence-corrected chi connectivity index (χ3v) is 6.67. The van der Waals surface area contributed by atoms with E-state index in [1.807, 2.05) is 76.2 Å². The van der Waals surface area contributed by atoms with Crippen LogP contribution in [0, 0.1) is 6.92 Å². The average Bonchev–Trinajstić information content (AvgIpc) is 3.28. The Balaban J connectivity index is 1.59. The lowest BCUT2D eigenvalue weighted by Gasteiger charge is -2.25. The smallest absolute Gasteiger partial charge is 0.414 e. The summed E-state index contributed by atoms with van der Waals surface area (Å²) in [4.78, 5) is 42.0. The molecule has 0 atom stereocenters. The van der Waals surface area contributed by atoms with Crippen LogP contribution in [0.3, 0.4) is 0 Å². The number of carbonyl (C=O) groups is 1. The molecule has 1 amide bonds. The first-order chi connectivity index (χ1) is 19.6.